The summed E-state index contributed by atoms with van der Waals surface area (Å²) in [5, 5.41) is 3.34. The first kappa shape index (κ1) is 14.7. The fraction of sp³-hybridized carbons (Fsp3) is 0.667. The first-order valence-corrected chi connectivity index (χ1v) is 6.25. The Balaban J connectivity index is 2.49. The molecule has 1 aromatic rings. The summed E-state index contributed by atoms with van der Waals surface area (Å²) in [4.78, 5) is 10.8. The number of nitrogens with two attached hydrogens (primary N) is 1. The molecule has 0 amide bonds. The highest BCUT2D eigenvalue weighted by atomic mass is 15.3. The lowest BCUT2D eigenvalue weighted by atomic mass is 10.2. The molecule has 4 N–H and O–H groups in total. The van der Waals surface area contributed by atoms with Gasteiger partial charge in [-0.2, -0.15) is 0 Å². The van der Waals surface area contributed by atoms with Crippen molar-refractivity contribution in [3.05, 3.63) is 11.4 Å². The first-order valence-electron chi connectivity index (χ1n) is 6.25. The summed E-state index contributed by atoms with van der Waals surface area (Å²) >= 11 is 0. The van der Waals surface area contributed by atoms with Gasteiger partial charge in [0.2, 0.25) is 0 Å². The van der Waals surface area contributed by atoms with Crippen molar-refractivity contribution in [3.63, 3.8) is 0 Å². The number of unbranched alkanes of at least 4 members (excludes halogenated alkanes) is 1. The molecular formula is C12H24N6. The van der Waals surface area contributed by atoms with E-state index in [1.54, 1.807) is 0 Å². The summed E-state index contributed by atoms with van der Waals surface area (Å²) in [7, 11) is 4.18. The van der Waals surface area contributed by atoms with Gasteiger partial charge in [0.05, 0.1) is 0 Å². The van der Waals surface area contributed by atoms with Crippen LogP contribution >= 0.6 is 0 Å². The van der Waals surface area contributed by atoms with Crippen molar-refractivity contribution in [3.8, 4) is 0 Å². The molecule has 1 aromatic heterocycles. The van der Waals surface area contributed by atoms with Crippen molar-refractivity contribution in [2.45, 2.75) is 26.7 Å². The van der Waals surface area contributed by atoms with Gasteiger partial charge in [-0.25, -0.2) is 15.8 Å². The van der Waals surface area contributed by atoms with E-state index in [0.29, 0.717) is 11.6 Å². The number of anilines is 2. The highest BCUT2D eigenvalue weighted by Crippen LogP contribution is 2.18. The quantitative estimate of drug-likeness (QED) is 0.383. The molecule has 0 fully saturated rings. The van der Waals surface area contributed by atoms with Crippen molar-refractivity contribution in [2.24, 2.45) is 5.84 Å². The largest absolute Gasteiger partial charge is 0.370 e. The zero-order valence-corrected chi connectivity index (χ0v) is 11.7. The lowest BCUT2D eigenvalue weighted by molar-refractivity contribution is 0.396. The van der Waals surface area contributed by atoms with Crippen LogP contribution in [0.4, 0.5) is 11.6 Å². The van der Waals surface area contributed by atoms with Gasteiger partial charge in [0.1, 0.15) is 17.5 Å². The average molecular weight is 252 g/mol. The van der Waals surface area contributed by atoms with Crippen molar-refractivity contribution in [1.29, 1.82) is 0 Å². The topological polar surface area (TPSA) is 79.1 Å². The Hall–Kier alpha value is -1.40. The van der Waals surface area contributed by atoms with Gasteiger partial charge in [-0.15, -0.1) is 0 Å². The number of hydrogen-bond donors (Lipinski definition) is 3. The third-order valence-corrected chi connectivity index (χ3v) is 2.72. The van der Waals surface area contributed by atoms with Crippen molar-refractivity contribution in [2.75, 3.05) is 37.9 Å². The van der Waals surface area contributed by atoms with E-state index in [4.69, 9.17) is 5.84 Å². The van der Waals surface area contributed by atoms with E-state index in [0.717, 1.165) is 30.9 Å². The van der Waals surface area contributed by atoms with E-state index < -0.39 is 0 Å². The lowest BCUT2D eigenvalue weighted by Crippen LogP contribution is -2.16. The van der Waals surface area contributed by atoms with Crippen LogP contribution in [0.1, 0.15) is 24.2 Å². The second-order valence-electron chi connectivity index (χ2n) is 4.67. The Kier molecular flexibility index (Phi) is 5.80. The fourth-order valence-corrected chi connectivity index (χ4v) is 1.70. The summed E-state index contributed by atoms with van der Waals surface area (Å²) in [6, 6.07) is 0. The van der Waals surface area contributed by atoms with E-state index in [2.05, 4.69) is 39.7 Å². The van der Waals surface area contributed by atoms with Crippen LogP contribution in [-0.4, -0.2) is 42.1 Å². The molecule has 1 rings (SSSR count). The Morgan fingerprint density at radius 1 is 1.11 bits per heavy atom. The number of nitrogens with zero attached hydrogens (tertiary/aromatic N) is 3. The minimum absolute atomic E-state index is 0.679. The van der Waals surface area contributed by atoms with Crippen LogP contribution in [-0.2, 0) is 0 Å². The molecule has 0 bridgehead atoms. The number of nitrogen functional groups attached to an aromatic ring is 1. The lowest BCUT2D eigenvalue weighted by Gasteiger charge is -2.13. The molecule has 0 unspecified atom stereocenters. The van der Waals surface area contributed by atoms with Gasteiger partial charge in [-0.3, -0.25) is 0 Å². The zero-order valence-electron chi connectivity index (χ0n) is 11.7. The number of nitrogens with one attached hydrogen (secondary N) is 2. The summed E-state index contributed by atoms with van der Waals surface area (Å²) in [6.07, 6.45) is 2.29. The number of hydrazine groups is 1. The van der Waals surface area contributed by atoms with Gasteiger partial charge in [0.15, 0.2) is 0 Å². The third-order valence-electron chi connectivity index (χ3n) is 2.72. The minimum Gasteiger partial charge on any atom is -0.370 e. The molecule has 0 aliphatic rings. The van der Waals surface area contributed by atoms with E-state index in [1.807, 2.05) is 13.8 Å². The molecule has 0 saturated heterocycles. The van der Waals surface area contributed by atoms with E-state index in [1.165, 1.54) is 6.42 Å². The maximum atomic E-state index is 5.42. The average Bonchev–Trinajstić information content (AvgIpc) is 2.32. The number of hydrogen-bond acceptors (Lipinski definition) is 6. The number of aryl methyl sites for hydroxylation is 1. The predicted octanol–water partition coefficient (Wildman–Crippen LogP) is 1.13. The molecule has 18 heavy (non-hydrogen) atoms. The highest BCUT2D eigenvalue weighted by Gasteiger charge is 2.07. The van der Waals surface area contributed by atoms with Crippen LogP contribution in [0.3, 0.4) is 0 Å². The van der Waals surface area contributed by atoms with E-state index >= 15 is 0 Å². The minimum atomic E-state index is 0.679. The van der Waals surface area contributed by atoms with E-state index in [9.17, 15) is 0 Å². The van der Waals surface area contributed by atoms with Crippen molar-refractivity contribution < 1.29 is 0 Å². The third kappa shape index (κ3) is 4.46. The van der Waals surface area contributed by atoms with Crippen LogP contribution in [0.15, 0.2) is 0 Å². The molecule has 0 radical (unpaired) electrons. The number of rotatable bonds is 7. The fourth-order valence-electron chi connectivity index (χ4n) is 1.70. The number of aromatic nitrogens is 2. The summed E-state index contributed by atoms with van der Waals surface area (Å²) in [5.74, 6) is 7.68. The van der Waals surface area contributed by atoms with Gasteiger partial charge in [0, 0.05) is 12.1 Å². The molecule has 0 spiro atoms. The highest BCUT2D eigenvalue weighted by molar-refractivity contribution is 5.56. The summed E-state index contributed by atoms with van der Waals surface area (Å²) in [5.41, 5.74) is 3.55. The zero-order chi connectivity index (χ0) is 13.5. The monoisotopic (exact) mass is 252 g/mol. The smallest absolute Gasteiger partial charge is 0.148 e. The summed E-state index contributed by atoms with van der Waals surface area (Å²) in [6.45, 7) is 5.84. The van der Waals surface area contributed by atoms with Crippen LogP contribution in [0.2, 0.25) is 0 Å². The maximum Gasteiger partial charge on any atom is 0.148 e. The second-order valence-corrected chi connectivity index (χ2v) is 4.67. The molecule has 0 aliphatic heterocycles. The van der Waals surface area contributed by atoms with Crippen LogP contribution in [0.25, 0.3) is 0 Å². The molecule has 6 nitrogen and oxygen atoms in total. The predicted molar refractivity (Wildman–Crippen MR) is 75.6 cm³/mol. The van der Waals surface area contributed by atoms with Gasteiger partial charge in [-0.05, 0) is 47.3 Å². The molecule has 102 valence electrons. The molecule has 0 aliphatic carbocycles. The normalized spacial score (nSPS) is 10.8. The standard InChI is InChI=1S/C12H24N6/c1-9-11(14-7-5-6-8-18(3)4)15-10(2)16-12(9)17-13/h5-8,13H2,1-4H3,(H2,14,15,16,17). The van der Waals surface area contributed by atoms with Gasteiger partial charge in [0.25, 0.3) is 0 Å². The molecule has 0 atom stereocenters. The van der Waals surface area contributed by atoms with E-state index in [-0.39, 0.29) is 0 Å². The maximum absolute atomic E-state index is 5.42. The Labute approximate surface area is 109 Å². The van der Waals surface area contributed by atoms with Crippen molar-refractivity contribution in [1.82, 2.24) is 14.9 Å². The van der Waals surface area contributed by atoms with Crippen LogP contribution in [0, 0.1) is 13.8 Å². The molecule has 0 saturated carbocycles. The SMILES string of the molecule is Cc1nc(NN)c(C)c(NCCCCN(C)C)n1. The first-order chi connectivity index (χ1) is 8.54. The van der Waals surface area contributed by atoms with Crippen molar-refractivity contribution >= 4 is 11.6 Å². The second kappa shape index (κ2) is 7.13. The molecule has 1 heterocycles. The molecule has 0 aromatic carbocycles. The Morgan fingerprint density at radius 3 is 2.39 bits per heavy atom. The van der Waals surface area contributed by atoms with Gasteiger partial charge in [-0.1, -0.05) is 0 Å². The Morgan fingerprint density at radius 2 is 1.78 bits per heavy atom. The molecular weight excluding hydrogens is 228 g/mol. The van der Waals surface area contributed by atoms with Gasteiger partial charge >= 0.3 is 0 Å². The van der Waals surface area contributed by atoms with Gasteiger partial charge < -0.3 is 15.6 Å². The summed E-state index contributed by atoms with van der Waals surface area (Å²) < 4.78 is 0. The van der Waals surface area contributed by atoms with Crippen LogP contribution < -0.4 is 16.6 Å². The molecule has 6 heteroatoms. The Bertz CT molecular complexity index is 377. The van der Waals surface area contributed by atoms with Crippen LogP contribution in [0.5, 0.6) is 0 Å².